The molecule has 16 heavy (non-hydrogen) atoms. The van der Waals surface area contributed by atoms with Crippen LogP contribution in [-0.4, -0.2) is 16.8 Å². The maximum absolute atomic E-state index is 12.5. The number of aliphatic hydroxyl groups excluding tert-OH is 2. The van der Waals surface area contributed by atoms with Gasteiger partial charge in [-0.25, -0.2) is 0 Å². The van der Waals surface area contributed by atoms with E-state index in [4.69, 9.17) is 16.7 Å². The van der Waals surface area contributed by atoms with Crippen LogP contribution in [0.15, 0.2) is 18.2 Å². The standard InChI is InChI=1S/C10H10ClF3O2/c11-9-6(8(16)4-5-15)2-1-3-7(9)10(12,13)14/h1-3,8,15-16H,4-5H2. The van der Waals surface area contributed by atoms with Crippen LogP contribution in [0.3, 0.4) is 0 Å². The summed E-state index contributed by atoms with van der Waals surface area (Å²) in [6, 6.07) is 3.32. The van der Waals surface area contributed by atoms with E-state index in [0.29, 0.717) is 0 Å². The van der Waals surface area contributed by atoms with Gasteiger partial charge in [0, 0.05) is 13.0 Å². The lowest BCUT2D eigenvalue weighted by Crippen LogP contribution is -2.09. The van der Waals surface area contributed by atoms with Crippen LogP contribution < -0.4 is 0 Å². The van der Waals surface area contributed by atoms with E-state index in [2.05, 4.69) is 0 Å². The summed E-state index contributed by atoms with van der Waals surface area (Å²) >= 11 is 5.56. The summed E-state index contributed by atoms with van der Waals surface area (Å²) in [6.45, 7) is -0.326. The molecule has 1 rings (SSSR count). The van der Waals surface area contributed by atoms with E-state index in [1.54, 1.807) is 0 Å². The first kappa shape index (κ1) is 13.3. The Morgan fingerprint density at radius 2 is 1.94 bits per heavy atom. The molecule has 0 saturated carbocycles. The van der Waals surface area contributed by atoms with Crippen LogP contribution in [0.25, 0.3) is 0 Å². The second-order valence-corrected chi connectivity index (χ2v) is 3.61. The molecule has 2 nitrogen and oxygen atoms in total. The minimum atomic E-state index is -4.55. The van der Waals surface area contributed by atoms with Crippen molar-refractivity contribution < 1.29 is 23.4 Å². The number of alkyl halides is 3. The number of hydrogen-bond donors (Lipinski definition) is 2. The van der Waals surface area contributed by atoms with Gasteiger partial charge >= 0.3 is 6.18 Å². The Morgan fingerprint density at radius 1 is 1.31 bits per heavy atom. The van der Waals surface area contributed by atoms with Crippen LogP contribution in [0.5, 0.6) is 0 Å². The van der Waals surface area contributed by atoms with Crippen LogP contribution in [0.2, 0.25) is 5.02 Å². The Hall–Kier alpha value is -0.780. The van der Waals surface area contributed by atoms with E-state index in [9.17, 15) is 18.3 Å². The van der Waals surface area contributed by atoms with Crippen LogP contribution >= 0.6 is 11.6 Å². The largest absolute Gasteiger partial charge is 0.417 e. The molecule has 0 fully saturated rings. The molecule has 0 bridgehead atoms. The Morgan fingerprint density at radius 3 is 2.44 bits per heavy atom. The third kappa shape index (κ3) is 2.87. The van der Waals surface area contributed by atoms with Crippen LogP contribution in [0, 0.1) is 0 Å². The molecule has 0 heterocycles. The number of halogens is 4. The van der Waals surface area contributed by atoms with Gasteiger partial charge in [-0.15, -0.1) is 0 Å². The molecule has 2 N–H and O–H groups in total. The van der Waals surface area contributed by atoms with Gasteiger partial charge in [-0.3, -0.25) is 0 Å². The van der Waals surface area contributed by atoms with Gasteiger partial charge < -0.3 is 10.2 Å². The molecular formula is C10H10ClF3O2. The summed E-state index contributed by atoms with van der Waals surface area (Å²) in [4.78, 5) is 0. The second-order valence-electron chi connectivity index (χ2n) is 3.23. The molecule has 0 aliphatic heterocycles. The lowest BCUT2D eigenvalue weighted by Gasteiger charge is -2.15. The lowest BCUT2D eigenvalue weighted by atomic mass is 10.0. The van der Waals surface area contributed by atoms with Gasteiger partial charge in [0.15, 0.2) is 0 Å². The number of rotatable bonds is 3. The van der Waals surface area contributed by atoms with Crippen molar-refractivity contribution in [2.45, 2.75) is 18.7 Å². The van der Waals surface area contributed by atoms with Crippen molar-refractivity contribution in [1.29, 1.82) is 0 Å². The molecule has 1 aromatic rings. The van der Waals surface area contributed by atoms with E-state index in [-0.39, 0.29) is 18.6 Å². The zero-order valence-electron chi connectivity index (χ0n) is 8.13. The fraction of sp³-hybridized carbons (Fsp3) is 0.400. The molecule has 0 radical (unpaired) electrons. The smallest absolute Gasteiger partial charge is 0.396 e. The fourth-order valence-electron chi connectivity index (χ4n) is 1.30. The average molecular weight is 255 g/mol. The molecule has 0 aromatic heterocycles. The predicted octanol–water partition coefficient (Wildman–Crippen LogP) is 2.77. The van der Waals surface area contributed by atoms with Gasteiger partial charge in [0.25, 0.3) is 0 Å². The molecule has 1 atom stereocenters. The fourth-order valence-corrected chi connectivity index (χ4v) is 1.66. The summed E-state index contributed by atoms with van der Waals surface area (Å²) < 4.78 is 37.4. The third-order valence-corrected chi connectivity index (χ3v) is 2.52. The van der Waals surface area contributed by atoms with Crippen LogP contribution in [-0.2, 0) is 6.18 Å². The van der Waals surface area contributed by atoms with Crippen molar-refractivity contribution in [1.82, 2.24) is 0 Å². The summed E-state index contributed by atoms with van der Waals surface area (Å²) in [6.07, 6.45) is -5.80. The average Bonchev–Trinajstić information content (AvgIpc) is 2.16. The molecule has 0 aliphatic rings. The topological polar surface area (TPSA) is 40.5 Å². The first-order valence-corrected chi connectivity index (χ1v) is 4.90. The monoisotopic (exact) mass is 254 g/mol. The molecule has 0 spiro atoms. The van der Waals surface area contributed by atoms with E-state index in [1.165, 1.54) is 12.1 Å². The summed E-state index contributed by atoms with van der Waals surface area (Å²) in [7, 11) is 0. The molecule has 1 aromatic carbocycles. The number of aliphatic hydroxyl groups is 2. The maximum atomic E-state index is 12.5. The van der Waals surface area contributed by atoms with Gasteiger partial charge in [-0.05, 0) is 11.6 Å². The highest BCUT2D eigenvalue weighted by atomic mass is 35.5. The molecular weight excluding hydrogens is 245 g/mol. The van der Waals surface area contributed by atoms with Crippen LogP contribution in [0.1, 0.15) is 23.7 Å². The molecule has 0 amide bonds. The van der Waals surface area contributed by atoms with Gasteiger partial charge in [0.05, 0.1) is 16.7 Å². The highest BCUT2D eigenvalue weighted by Crippen LogP contribution is 2.38. The highest BCUT2D eigenvalue weighted by Gasteiger charge is 2.34. The predicted molar refractivity (Wildman–Crippen MR) is 53.1 cm³/mol. The zero-order valence-corrected chi connectivity index (χ0v) is 8.89. The quantitative estimate of drug-likeness (QED) is 0.871. The van der Waals surface area contributed by atoms with Gasteiger partial charge in [-0.2, -0.15) is 13.2 Å². The normalized spacial score (nSPS) is 13.9. The first-order chi connectivity index (χ1) is 7.38. The Kier molecular flexibility index (Phi) is 4.18. The van der Waals surface area contributed by atoms with Crippen molar-refractivity contribution in [2.24, 2.45) is 0 Å². The van der Waals surface area contributed by atoms with Crippen LogP contribution in [0.4, 0.5) is 13.2 Å². The SMILES string of the molecule is OCCC(O)c1cccc(C(F)(F)F)c1Cl. The third-order valence-electron chi connectivity index (χ3n) is 2.10. The summed E-state index contributed by atoms with van der Waals surface area (Å²) in [5, 5.41) is 17.6. The second kappa shape index (κ2) is 5.03. The van der Waals surface area contributed by atoms with Gasteiger partial charge in [0.2, 0.25) is 0 Å². The highest BCUT2D eigenvalue weighted by molar-refractivity contribution is 6.32. The van der Waals surface area contributed by atoms with E-state index in [0.717, 1.165) is 6.07 Å². The first-order valence-electron chi connectivity index (χ1n) is 4.52. The van der Waals surface area contributed by atoms with E-state index in [1.807, 2.05) is 0 Å². The van der Waals surface area contributed by atoms with Crippen molar-refractivity contribution in [2.75, 3.05) is 6.61 Å². The number of hydrogen-bond acceptors (Lipinski definition) is 2. The van der Waals surface area contributed by atoms with Gasteiger partial charge in [0.1, 0.15) is 0 Å². The Bertz CT molecular complexity index is 366. The minimum absolute atomic E-state index is 0.0226. The van der Waals surface area contributed by atoms with Gasteiger partial charge in [-0.1, -0.05) is 23.7 Å². The Labute approximate surface area is 95.3 Å². The van der Waals surface area contributed by atoms with Crippen molar-refractivity contribution in [3.05, 3.63) is 34.3 Å². The summed E-state index contributed by atoms with van der Waals surface area (Å²) in [5.74, 6) is 0. The molecule has 6 heteroatoms. The van der Waals surface area contributed by atoms with Crippen molar-refractivity contribution in [3.63, 3.8) is 0 Å². The van der Waals surface area contributed by atoms with Crippen molar-refractivity contribution >= 4 is 11.6 Å². The van der Waals surface area contributed by atoms with E-state index >= 15 is 0 Å². The molecule has 0 saturated heterocycles. The van der Waals surface area contributed by atoms with E-state index < -0.39 is 22.9 Å². The van der Waals surface area contributed by atoms with Crippen molar-refractivity contribution in [3.8, 4) is 0 Å². The maximum Gasteiger partial charge on any atom is 0.417 e. The summed E-state index contributed by atoms with van der Waals surface area (Å²) in [5.41, 5.74) is -1.01. The lowest BCUT2D eigenvalue weighted by molar-refractivity contribution is -0.137. The Balaban J connectivity index is 3.14. The molecule has 90 valence electrons. The minimum Gasteiger partial charge on any atom is -0.396 e. The molecule has 0 aliphatic carbocycles. The molecule has 1 unspecified atom stereocenters. The zero-order chi connectivity index (χ0) is 12.3. The number of benzene rings is 1.